The molecule has 9 rings (SSSR count). The highest BCUT2D eigenvalue weighted by molar-refractivity contribution is 6.03. The lowest BCUT2D eigenvalue weighted by Crippen LogP contribution is -2.36. The Kier molecular flexibility index (Phi) is 15.1. The summed E-state index contributed by atoms with van der Waals surface area (Å²) in [6, 6.07) is 8.38. The standard InChI is InChI=1S/C40H50N16O4.C7H10N2O/c1-4-56-30(18-24(2)51-56)38(59)48-40-47-29-20-27(35(42)58)22-45-37(29)55(40)13-6-5-12-54-33-28(46-39(54)43-3)19-26(34(41)57)21-31(33)60-17-7-11-52-14-8-25(9-15-52)36-50-49-32-23-44-10-16-53(32)36;1-3-9-7(5-10)4-6(2)8-9/h5-6,18-22,25,44H,4,7-17,23H2,1-3H3,(H2,41,57)(H2,42,58)(H,43,46)(H,47,48,59);4-5H,3H2,1-2H3/b6-5+;. The lowest BCUT2D eigenvalue weighted by molar-refractivity contribution is 0.0991. The smallest absolute Gasteiger partial charge is 0.276 e. The Balaban J connectivity index is 0.000000587. The zero-order valence-electron chi connectivity index (χ0n) is 40.2. The first-order valence-electron chi connectivity index (χ1n) is 23.6. The van der Waals surface area contributed by atoms with Crippen molar-refractivity contribution in [1.29, 1.82) is 0 Å². The number of fused-ring (bicyclic) bond motifs is 3. The van der Waals surface area contributed by atoms with Crippen LogP contribution in [0.15, 0.2) is 48.7 Å². The number of hydrogen-bond acceptors (Lipinski definition) is 15. The fourth-order valence-electron chi connectivity index (χ4n) is 8.98. The first-order valence-corrected chi connectivity index (χ1v) is 23.6. The fourth-order valence-corrected chi connectivity index (χ4v) is 8.98. The summed E-state index contributed by atoms with van der Waals surface area (Å²) in [6.45, 7) is 15.4. The van der Waals surface area contributed by atoms with Gasteiger partial charge in [0.1, 0.15) is 39.8 Å². The van der Waals surface area contributed by atoms with Gasteiger partial charge in [-0.3, -0.25) is 38.4 Å². The van der Waals surface area contributed by atoms with Crippen molar-refractivity contribution in [1.82, 2.24) is 68.6 Å². The number of aromatic nitrogens is 12. The molecule has 23 nitrogen and oxygen atoms in total. The number of nitrogens with zero attached hydrogens (tertiary/aromatic N) is 13. The molecular weight excluding hydrogens is 897 g/mol. The molecule has 70 heavy (non-hydrogen) atoms. The monoisotopic (exact) mass is 956 g/mol. The van der Waals surface area contributed by atoms with Crippen molar-refractivity contribution < 1.29 is 23.9 Å². The second-order valence-corrected chi connectivity index (χ2v) is 17.2. The van der Waals surface area contributed by atoms with Crippen LogP contribution in [0.1, 0.15) is 104 Å². The van der Waals surface area contributed by atoms with Gasteiger partial charge in [0.25, 0.3) is 5.91 Å². The number of amides is 3. The summed E-state index contributed by atoms with van der Waals surface area (Å²) in [5.41, 5.74) is 16.5. The van der Waals surface area contributed by atoms with Crippen molar-refractivity contribution in [2.24, 2.45) is 11.5 Å². The minimum atomic E-state index is -0.637. The summed E-state index contributed by atoms with van der Waals surface area (Å²) in [4.78, 5) is 64.4. The van der Waals surface area contributed by atoms with E-state index in [0.717, 1.165) is 88.7 Å². The van der Waals surface area contributed by atoms with Gasteiger partial charge in [0.05, 0.1) is 35.6 Å². The number of piperidine rings is 1. The maximum absolute atomic E-state index is 13.5. The predicted molar refractivity (Wildman–Crippen MR) is 262 cm³/mol. The predicted octanol–water partition coefficient (Wildman–Crippen LogP) is 3.42. The highest BCUT2D eigenvalue weighted by Gasteiger charge is 2.27. The number of primary amides is 2. The van der Waals surface area contributed by atoms with Crippen molar-refractivity contribution in [3.63, 3.8) is 0 Å². The average Bonchev–Trinajstić information content (AvgIpc) is 4.20. The van der Waals surface area contributed by atoms with Gasteiger partial charge >= 0.3 is 0 Å². The largest absolute Gasteiger partial charge is 0.491 e. The van der Waals surface area contributed by atoms with Crippen LogP contribution in [0.25, 0.3) is 22.2 Å². The van der Waals surface area contributed by atoms with Gasteiger partial charge in [0, 0.05) is 70.5 Å². The Labute approximate surface area is 403 Å². The van der Waals surface area contributed by atoms with Gasteiger partial charge in [-0.2, -0.15) is 10.2 Å². The first kappa shape index (κ1) is 48.7. The molecule has 23 heteroatoms. The van der Waals surface area contributed by atoms with Crippen molar-refractivity contribution in [2.75, 3.05) is 50.5 Å². The van der Waals surface area contributed by atoms with Crippen molar-refractivity contribution in [2.45, 2.75) is 92.1 Å². The summed E-state index contributed by atoms with van der Waals surface area (Å²) in [6.07, 6.45) is 8.95. The first-order chi connectivity index (χ1) is 33.9. The molecule has 3 amide bonds. The molecule has 368 valence electrons. The minimum absolute atomic E-state index is 0.198. The van der Waals surface area contributed by atoms with E-state index < -0.39 is 11.8 Å². The molecule has 0 spiro atoms. The van der Waals surface area contributed by atoms with Crippen LogP contribution >= 0.6 is 0 Å². The lowest BCUT2D eigenvalue weighted by atomic mass is 9.95. The average molecular weight is 957 g/mol. The number of nitrogens with two attached hydrogens (primary N) is 2. The molecule has 0 saturated carbocycles. The van der Waals surface area contributed by atoms with E-state index in [1.165, 1.54) is 6.20 Å². The Hall–Kier alpha value is -7.79. The molecule has 0 radical (unpaired) electrons. The van der Waals surface area contributed by atoms with Crippen LogP contribution < -0.4 is 32.2 Å². The second kappa shape index (κ2) is 21.7. The van der Waals surface area contributed by atoms with Crippen LogP contribution in [0.2, 0.25) is 0 Å². The maximum Gasteiger partial charge on any atom is 0.276 e. The molecule has 8 heterocycles. The van der Waals surface area contributed by atoms with Crippen LogP contribution in [0.5, 0.6) is 5.75 Å². The van der Waals surface area contributed by atoms with Gasteiger partial charge in [-0.25, -0.2) is 15.0 Å². The third-order valence-corrected chi connectivity index (χ3v) is 12.4. The number of aldehydes is 1. The molecule has 1 aromatic carbocycles. The summed E-state index contributed by atoms with van der Waals surface area (Å²) >= 11 is 0. The van der Waals surface area contributed by atoms with Gasteiger partial charge in [0.15, 0.2) is 11.9 Å². The Morgan fingerprint density at radius 1 is 0.857 bits per heavy atom. The number of hydrogen-bond donors (Lipinski definition) is 5. The summed E-state index contributed by atoms with van der Waals surface area (Å²) in [5.74, 6) is 2.28. The molecular formula is C47H60N18O5. The Bertz CT molecular complexity index is 3060. The lowest BCUT2D eigenvalue weighted by Gasteiger charge is -2.32. The molecule has 2 aliphatic heterocycles. The van der Waals surface area contributed by atoms with Crippen molar-refractivity contribution >= 4 is 58.1 Å². The normalized spacial score (nSPS) is 14.2. The molecule has 7 aromatic rings. The molecule has 0 atom stereocenters. The van der Waals surface area contributed by atoms with Gasteiger partial charge in [-0.05, 0) is 90.4 Å². The number of pyridine rings is 1. The number of likely N-dealkylation sites (tertiary alicyclic amines) is 1. The van der Waals surface area contributed by atoms with E-state index in [9.17, 15) is 19.2 Å². The van der Waals surface area contributed by atoms with E-state index >= 15 is 0 Å². The quantitative estimate of drug-likeness (QED) is 0.0468. The van der Waals surface area contributed by atoms with Crippen LogP contribution in [0, 0.1) is 13.8 Å². The Morgan fingerprint density at radius 2 is 1.56 bits per heavy atom. The number of nitrogens with one attached hydrogen (secondary N) is 3. The van der Waals surface area contributed by atoms with Gasteiger partial charge in [-0.15, -0.1) is 10.2 Å². The zero-order chi connectivity index (χ0) is 49.5. The number of carbonyl (C=O) groups excluding carboxylic acids is 4. The van der Waals surface area contributed by atoms with Gasteiger partial charge < -0.3 is 40.9 Å². The number of ether oxygens (including phenoxy) is 1. The number of benzene rings is 1. The van der Waals surface area contributed by atoms with Crippen molar-refractivity contribution in [3.8, 4) is 5.75 Å². The number of rotatable bonds is 18. The maximum atomic E-state index is 13.5. The second-order valence-electron chi connectivity index (χ2n) is 17.2. The number of carbonyl (C=O) groups is 4. The molecule has 1 fully saturated rings. The summed E-state index contributed by atoms with van der Waals surface area (Å²) in [5, 5.41) is 26.9. The topological polar surface area (TPSA) is 284 Å². The zero-order valence-corrected chi connectivity index (χ0v) is 40.2. The molecule has 6 aromatic heterocycles. The highest BCUT2D eigenvalue weighted by atomic mass is 16.5. The van der Waals surface area contributed by atoms with Crippen LogP contribution in [0.3, 0.4) is 0 Å². The van der Waals surface area contributed by atoms with Crippen molar-refractivity contribution in [3.05, 3.63) is 94.2 Å². The fraction of sp³-hybridized carbons (Fsp3) is 0.426. The van der Waals surface area contributed by atoms with Crippen LogP contribution in [0.4, 0.5) is 11.9 Å². The molecule has 0 unspecified atom stereocenters. The molecule has 7 N–H and O–H groups in total. The number of allylic oxidation sites excluding steroid dienone is 2. The minimum Gasteiger partial charge on any atom is -0.491 e. The van der Waals surface area contributed by atoms with E-state index in [2.05, 4.69) is 55.8 Å². The van der Waals surface area contributed by atoms with E-state index in [1.54, 1.807) is 51.3 Å². The SMILES string of the molecule is CCn1nc(C)cc1C(=O)Nc1nc2cc(C(N)=O)cnc2n1C/C=C/Cn1c(NC)nc2cc(C(N)=O)cc(OCCCN3CCC(c4nnc5n4CCNC5)CC3)c21.CCn1nc(C)cc1C=O. The number of anilines is 2. The van der Waals surface area contributed by atoms with Gasteiger partial charge in [0.2, 0.25) is 23.7 Å². The number of imidazole rings is 2. The molecule has 0 bridgehead atoms. The third-order valence-electron chi connectivity index (χ3n) is 12.4. The summed E-state index contributed by atoms with van der Waals surface area (Å²) in [7, 11) is 1.78. The van der Waals surface area contributed by atoms with E-state index in [4.69, 9.17) is 21.2 Å². The Morgan fingerprint density at radius 3 is 2.26 bits per heavy atom. The van der Waals surface area contributed by atoms with Crippen LogP contribution in [-0.4, -0.2) is 127 Å². The van der Waals surface area contributed by atoms with E-state index in [1.807, 2.05) is 44.4 Å². The van der Waals surface area contributed by atoms with Crippen LogP contribution in [-0.2, 0) is 39.3 Å². The third kappa shape index (κ3) is 10.6. The van der Waals surface area contributed by atoms with Gasteiger partial charge in [-0.1, -0.05) is 12.2 Å². The molecule has 2 aliphatic rings. The number of aryl methyl sites for hydroxylation is 4. The van der Waals surface area contributed by atoms with E-state index in [0.29, 0.717) is 82.2 Å². The summed E-state index contributed by atoms with van der Waals surface area (Å²) < 4.78 is 15.7. The molecule has 0 aliphatic carbocycles. The highest BCUT2D eigenvalue weighted by Crippen LogP contribution is 2.32. The van der Waals surface area contributed by atoms with E-state index in [-0.39, 0.29) is 24.0 Å². The molecule has 1 saturated heterocycles.